The summed E-state index contributed by atoms with van der Waals surface area (Å²) in [6.07, 6.45) is -0.993. The Kier molecular flexibility index (Phi) is 7.55. The Balaban J connectivity index is 1.64. The number of amides is 1. The largest absolute Gasteiger partial charge is 0.449 e. The van der Waals surface area contributed by atoms with Crippen molar-refractivity contribution in [1.82, 2.24) is 5.32 Å². The summed E-state index contributed by atoms with van der Waals surface area (Å²) in [6, 6.07) is 23.5. The van der Waals surface area contributed by atoms with Gasteiger partial charge in [0.25, 0.3) is 5.91 Å². The van der Waals surface area contributed by atoms with Crippen molar-refractivity contribution in [2.45, 2.75) is 32.8 Å². The van der Waals surface area contributed by atoms with Gasteiger partial charge in [0, 0.05) is 17.7 Å². The number of nitrogens with one attached hydrogen (secondary N) is 1. The van der Waals surface area contributed by atoms with Crippen LogP contribution in [0.4, 0.5) is 0 Å². The van der Waals surface area contributed by atoms with E-state index in [9.17, 15) is 14.4 Å². The molecule has 0 saturated carbocycles. The molecule has 5 nitrogen and oxygen atoms in total. The molecule has 0 aliphatic heterocycles. The van der Waals surface area contributed by atoms with Crippen molar-refractivity contribution in [1.29, 1.82) is 0 Å². The van der Waals surface area contributed by atoms with Crippen LogP contribution in [-0.4, -0.2) is 30.3 Å². The van der Waals surface area contributed by atoms with Crippen LogP contribution in [0.5, 0.6) is 0 Å². The highest BCUT2D eigenvalue weighted by Gasteiger charge is 2.23. The highest BCUT2D eigenvalue weighted by molar-refractivity contribution is 6.14. The minimum atomic E-state index is -0.993. The summed E-state index contributed by atoms with van der Waals surface area (Å²) in [5.41, 5.74) is 3.01. The van der Waals surface area contributed by atoms with E-state index in [0.29, 0.717) is 12.1 Å². The summed E-state index contributed by atoms with van der Waals surface area (Å²) in [7, 11) is 0. The minimum absolute atomic E-state index is 0.121. The van der Waals surface area contributed by atoms with E-state index in [1.165, 1.54) is 13.0 Å². The van der Waals surface area contributed by atoms with Crippen molar-refractivity contribution in [2.24, 2.45) is 0 Å². The third-order valence-corrected chi connectivity index (χ3v) is 5.31. The molecule has 0 spiro atoms. The fourth-order valence-electron chi connectivity index (χ4n) is 3.29. The van der Waals surface area contributed by atoms with E-state index in [0.717, 1.165) is 11.1 Å². The van der Waals surface area contributed by atoms with E-state index in [-0.39, 0.29) is 28.7 Å². The summed E-state index contributed by atoms with van der Waals surface area (Å²) in [6.45, 7) is 5.89. The summed E-state index contributed by atoms with van der Waals surface area (Å²) < 4.78 is 5.38. The molecular formula is C27H27NO4. The number of ketones is 1. The average Bonchev–Trinajstić information content (AvgIpc) is 2.82. The Morgan fingerprint density at radius 2 is 1.41 bits per heavy atom. The molecule has 3 rings (SSSR count). The van der Waals surface area contributed by atoms with Gasteiger partial charge < -0.3 is 10.1 Å². The van der Waals surface area contributed by atoms with Crippen LogP contribution in [0.25, 0.3) is 0 Å². The first kappa shape index (κ1) is 22.9. The van der Waals surface area contributed by atoms with E-state index in [2.05, 4.69) is 5.32 Å². The second kappa shape index (κ2) is 10.5. The van der Waals surface area contributed by atoms with Gasteiger partial charge in [-0.25, -0.2) is 4.79 Å². The molecule has 0 aromatic heterocycles. The Bertz CT molecular complexity index is 1090. The molecule has 5 heteroatoms. The smallest absolute Gasteiger partial charge is 0.339 e. The standard InChI is InChI=1S/C27H27NO4/c1-18-13-15-22(16-14-18)25(29)23-11-7-8-12-24(23)27(31)32-20(3)26(30)28-17-19(2)21-9-5-4-6-10-21/h4-16,19-20H,17H2,1-3H3,(H,28,30). The van der Waals surface area contributed by atoms with Crippen LogP contribution in [0.1, 0.15) is 57.2 Å². The van der Waals surface area contributed by atoms with E-state index in [4.69, 9.17) is 4.74 Å². The maximum absolute atomic E-state index is 12.9. The van der Waals surface area contributed by atoms with Gasteiger partial charge in [-0.3, -0.25) is 9.59 Å². The zero-order chi connectivity index (χ0) is 23.1. The number of ether oxygens (including phenoxy) is 1. The van der Waals surface area contributed by atoms with Crippen molar-refractivity contribution in [2.75, 3.05) is 6.54 Å². The normalized spacial score (nSPS) is 12.5. The molecule has 0 aliphatic rings. The second-order valence-corrected chi connectivity index (χ2v) is 7.85. The Labute approximate surface area is 188 Å². The maximum Gasteiger partial charge on any atom is 0.339 e. The monoisotopic (exact) mass is 429 g/mol. The van der Waals surface area contributed by atoms with Crippen LogP contribution < -0.4 is 5.32 Å². The van der Waals surface area contributed by atoms with Crippen LogP contribution >= 0.6 is 0 Å². The van der Waals surface area contributed by atoms with Gasteiger partial charge in [-0.2, -0.15) is 0 Å². The summed E-state index contributed by atoms with van der Waals surface area (Å²) >= 11 is 0. The average molecular weight is 430 g/mol. The molecule has 0 radical (unpaired) electrons. The van der Waals surface area contributed by atoms with Gasteiger partial charge in [-0.1, -0.05) is 85.3 Å². The number of rotatable bonds is 8. The second-order valence-electron chi connectivity index (χ2n) is 7.85. The van der Waals surface area contributed by atoms with E-state index in [1.807, 2.05) is 56.3 Å². The highest BCUT2D eigenvalue weighted by Crippen LogP contribution is 2.17. The number of carbonyl (C=O) groups excluding carboxylic acids is 3. The number of carbonyl (C=O) groups is 3. The molecule has 32 heavy (non-hydrogen) atoms. The molecule has 1 amide bonds. The first-order valence-corrected chi connectivity index (χ1v) is 10.6. The molecule has 2 atom stereocenters. The number of hydrogen-bond donors (Lipinski definition) is 1. The van der Waals surface area contributed by atoms with Gasteiger partial charge in [0.1, 0.15) is 0 Å². The zero-order valence-electron chi connectivity index (χ0n) is 18.5. The molecular weight excluding hydrogens is 402 g/mol. The third kappa shape index (κ3) is 5.70. The zero-order valence-corrected chi connectivity index (χ0v) is 18.5. The van der Waals surface area contributed by atoms with Crippen LogP contribution in [-0.2, 0) is 9.53 Å². The lowest BCUT2D eigenvalue weighted by Gasteiger charge is -2.17. The molecule has 164 valence electrons. The Hall–Kier alpha value is -3.73. The minimum Gasteiger partial charge on any atom is -0.449 e. The first-order chi connectivity index (χ1) is 15.4. The molecule has 0 saturated heterocycles. The van der Waals surface area contributed by atoms with Crippen molar-refractivity contribution >= 4 is 17.7 Å². The van der Waals surface area contributed by atoms with Gasteiger partial charge in [-0.15, -0.1) is 0 Å². The fourth-order valence-corrected chi connectivity index (χ4v) is 3.29. The van der Waals surface area contributed by atoms with E-state index >= 15 is 0 Å². The van der Waals surface area contributed by atoms with Crippen molar-refractivity contribution in [3.05, 3.63) is 107 Å². The molecule has 0 fully saturated rings. The first-order valence-electron chi connectivity index (χ1n) is 10.6. The predicted molar refractivity (Wildman–Crippen MR) is 124 cm³/mol. The van der Waals surface area contributed by atoms with Crippen LogP contribution in [0, 0.1) is 6.92 Å². The van der Waals surface area contributed by atoms with E-state index < -0.39 is 12.1 Å². The molecule has 3 aromatic carbocycles. The third-order valence-electron chi connectivity index (χ3n) is 5.31. The van der Waals surface area contributed by atoms with Crippen molar-refractivity contribution in [3.63, 3.8) is 0 Å². The highest BCUT2D eigenvalue weighted by atomic mass is 16.5. The van der Waals surface area contributed by atoms with Gasteiger partial charge in [0.15, 0.2) is 11.9 Å². The van der Waals surface area contributed by atoms with Crippen molar-refractivity contribution < 1.29 is 19.1 Å². The van der Waals surface area contributed by atoms with Gasteiger partial charge in [-0.05, 0) is 31.4 Å². The van der Waals surface area contributed by atoms with Crippen molar-refractivity contribution in [3.8, 4) is 0 Å². The lowest BCUT2D eigenvalue weighted by atomic mass is 9.98. The molecule has 1 N–H and O–H groups in total. The molecule has 0 bridgehead atoms. The molecule has 3 aromatic rings. The fraction of sp³-hybridized carbons (Fsp3) is 0.222. The number of benzene rings is 3. The summed E-state index contributed by atoms with van der Waals surface area (Å²) in [5.74, 6) is -1.24. The van der Waals surface area contributed by atoms with Gasteiger partial charge in [0.05, 0.1) is 5.56 Å². The Morgan fingerprint density at radius 1 is 0.812 bits per heavy atom. The lowest BCUT2D eigenvalue weighted by Crippen LogP contribution is -2.37. The van der Waals surface area contributed by atoms with E-state index in [1.54, 1.807) is 30.3 Å². The molecule has 0 heterocycles. The van der Waals surface area contributed by atoms with Gasteiger partial charge in [0.2, 0.25) is 0 Å². The lowest BCUT2D eigenvalue weighted by molar-refractivity contribution is -0.129. The summed E-state index contributed by atoms with van der Waals surface area (Å²) in [4.78, 5) is 38.2. The predicted octanol–water partition coefficient (Wildman–Crippen LogP) is 4.69. The maximum atomic E-state index is 12.9. The molecule has 0 aliphatic carbocycles. The quantitative estimate of drug-likeness (QED) is 0.416. The van der Waals surface area contributed by atoms with Gasteiger partial charge >= 0.3 is 5.97 Å². The van der Waals surface area contributed by atoms with Crippen LogP contribution in [0.2, 0.25) is 0 Å². The number of hydrogen-bond acceptors (Lipinski definition) is 4. The summed E-state index contributed by atoms with van der Waals surface area (Å²) in [5, 5.41) is 2.82. The topological polar surface area (TPSA) is 72.5 Å². The molecule has 2 unspecified atom stereocenters. The SMILES string of the molecule is Cc1ccc(C(=O)c2ccccc2C(=O)OC(C)C(=O)NCC(C)c2ccccc2)cc1. The van der Waals surface area contributed by atoms with Crippen LogP contribution in [0.3, 0.4) is 0 Å². The number of aryl methyl sites for hydroxylation is 1. The number of esters is 1. The Morgan fingerprint density at radius 3 is 2.06 bits per heavy atom. The van der Waals surface area contributed by atoms with Crippen LogP contribution in [0.15, 0.2) is 78.9 Å².